The summed E-state index contributed by atoms with van der Waals surface area (Å²) in [6.45, 7) is 3.41. The largest absolute Gasteiger partial charge is 0.364 e. The van der Waals surface area contributed by atoms with Crippen LogP contribution >= 0.6 is 11.6 Å². The van der Waals surface area contributed by atoms with Crippen LogP contribution in [0.2, 0.25) is 5.02 Å². The number of rotatable bonds is 5. The molecule has 0 bridgehead atoms. The average molecular weight is 275 g/mol. The van der Waals surface area contributed by atoms with E-state index in [0.717, 1.165) is 24.2 Å². The number of carbonyl (C=O) groups excluding carboxylic acids is 1. The van der Waals surface area contributed by atoms with Crippen molar-refractivity contribution in [3.05, 3.63) is 58.9 Å². The molecule has 0 unspecified atom stereocenters. The van der Waals surface area contributed by atoms with Gasteiger partial charge in [-0.05, 0) is 31.2 Å². The van der Waals surface area contributed by atoms with Gasteiger partial charge in [-0.15, -0.1) is 0 Å². The van der Waals surface area contributed by atoms with Gasteiger partial charge in [-0.3, -0.25) is 9.78 Å². The van der Waals surface area contributed by atoms with Crippen molar-refractivity contribution in [1.29, 1.82) is 0 Å². The highest BCUT2D eigenvalue weighted by atomic mass is 35.5. The smallest absolute Gasteiger partial charge is 0.152 e. The lowest BCUT2D eigenvalue weighted by molar-refractivity contribution is 0.112. The Bertz CT molecular complexity index is 557. The van der Waals surface area contributed by atoms with Crippen molar-refractivity contribution in [2.75, 3.05) is 11.4 Å². The number of nitrogens with zero attached hydrogens (tertiary/aromatic N) is 2. The summed E-state index contributed by atoms with van der Waals surface area (Å²) in [5.41, 5.74) is 2.32. The van der Waals surface area contributed by atoms with Crippen LogP contribution in [0.4, 0.5) is 5.69 Å². The normalized spacial score (nSPS) is 10.2. The Hall–Kier alpha value is -1.87. The van der Waals surface area contributed by atoms with Crippen LogP contribution in [0.1, 0.15) is 23.0 Å². The number of hydrogen-bond donors (Lipinski definition) is 0. The van der Waals surface area contributed by atoms with E-state index < -0.39 is 0 Å². The second-order valence-corrected chi connectivity index (χ2v) is 4.54. The van der Waals surface area contributed by atoms with E-state index in [2.05, 4.69) is 9.88 Å². The van der Waals surface area contributed by atoms with Gasteiger partial charge in [-0.1, -0.05) is 23.7 Å². The van der Waals surface area contributed by atoms with Crippen LogP contribution in [0.5, 0.6) is 0 Å². The van der Waals surface area contributed by atoms with E-state index in [0.29, 0.717) is 17.1 Å². The Morgan fingerprint density at radius 2 is 2.11 bits per heavy atom. The highest BCUT2D eigenvalue weighted by Crippen LogP contribution is 2.29. The molecule has 0 aliphatic rings. The van der Waals surface area contributed by atoms with Crippen LogP contribution in [0.25, 0.3) is 0 Å². The molecule has 19 heavy (non-hydrogen) atoms. The molecule has 0 spiro atoms. The molecule has 0 aliphatic carbocycles. The minimum absolute atomic E-state index is 0.586. The number of aromatic nitrogens is 1. The molecule has 0 radical (unpaired) electrons. The van der Waals surface area contributed by atoms with Crippen LogP contribution in [0, 0.1) is 0 Å². The molecule has 0 fully saturated rings. The molecule has 0 saturated heterocycles. The van der Waals surface area contributed by atoms with Gasteiger partial charge in [0.1, 0.15) is 0 Å². The summed E-state index contributed by atoms with van der Waals surface area (Å²) in [6.07, 6.45) is 2.60. The zero-order chi connectivity index (χ0) is 13.7. The highest BCUT2D eigenvalue weighted by Gasteiger charge is 2.14. The minimum Gasteiger partial charge on any atom is -0.364 e. The molecule has 98 valence electrons. The standard InChI is InChI=1S/C15H15ClN2O/c1-2-18(10-13-7-3-4-9-17-13)15-12(11-19)6-5-8-14(15)16/h3-9,11H,2,10H2,1H3. The second kappa shape index (κ2) is 6.34. The molecule has 1 aromatic carbocycles. The molecule has 2 aromatic rings. The fourth-order valence-electron chi connectivity index (χ4n) is 2.00. The first-order valence-corrected chi connectivity index (χ1v) is 6.52. The van der Waals surface area contributed by atoms with Crippen molar-refractivity contribution in [1.82, 2.24) is 4.98 Å². The Morgan fingerprint density at radius 1 is 1.26 bits per heavy atom. The first-order chi connectivity index (χ1) is 9.26. The lowest BCUT2D eigenvalue weighted by atomic mass is 10.1. The van der Waals surface area contributed by atoms with Crippen molar-refractivity contribution in [2.45, 2.75) is 13.5 Å². The summed E-state index contributed by atoms with van der Waals surface area (Å²) in [6, 6.07) is 11.1. The number of aldehydes is 1. The van der Waals surface area contributed by atoms with Crippen LogP contribution < -0.4 is 4.90 Å². The molecule has 0 atom stereocenters. The molecule has 1 heterocycles. The zero-order valence-electron chi connectivity index (χ0n) is 10.7. The number of carbonyl (C=O) groups is 1. The Kier molecular flexibility index (Phi) is 4.53. The number of para-hydroxylation sites is 1. The molecule has 0 saturated carbocycles. The van der Waals surface area contributed by atoms with Crippen LogP contribution in [-0.2, 0) is 6.54 Å². The van der Waals surface area contributed by atoms with Gasteiger partial charge in [-0.25, -0.2) is 0 Å². The van der Waals surface area contributed by atoms with E-state index in [1.54, 1.807) is 24.4 Å². The molecular formula is C15H15ClN2O. The maximum Gasteiger partial charge on any atom is 0.152 e. The summed E-state index contributed by atoms with van der Waals surface area (Å²) in [5, 5.41) is 0.586. The van der Waals surface area contributed by atoms with Crippen molar-refractivity contribution in [2.24, 2.45) is 0 Å². The monoisotopic (exact) mass is 274 g/mol. The highest BCUT2D eigenvalue weighted by molar-refractivity contribution is 6.33. The molecular weight excluding hydrogens is 260 g/mol. The van der Waals surface area contributed by atoms with E-state index in [9.17, 15) is 4.79 Å². The van der Waals surface area contributed by atoms with Gasteiger partial charge in [-0.2, -0.15) is 0 Å². The number of halogens is 1. The molecule has 4 heteroatoms. The fourth-order valence-corrected chi connectivity index (χ4v) is 2.30. The van der Waals surface area contributed by atoms with Crippen LogP contribution in [0.15, 0.2) is 42.6 Å². The Balaban J connectivity index is 2.35. The third-order valence-electron chi connectivity index (χ3n) is 2.92. The summed E-state index contributed by atoms with van der Waals surface area (Å²) in [7, 11) is 0. The Labute approximate surface area is 117 Å². The summed E-state index contributed by atoms with van der Waals surface area (Å²) < 4.78 is 0. The first kappa shape index (κ1) is 13.6. The topological polar surface area (TPSA) is 33.2 Å². The van der Waals surface area contributed by atoms with Gasteiger partial charge < -0.3 is 4.90 Å². The average Bonchev–Trinajstić information content (AvgIpc) is 2.46. The molecule has 2 rings (SSSR count). The van der Waals surface area contributed by atoms with Gasteiger partial charge >= 0.3 is 0 Å². The number of anilines is 1. The maximum absolute atomic E-state index is 11.2. The van der Waals surface area contributed by atoms with Crippen molar-refractivity contribution >= 4 is 23.6 Å². The van der Waals surface area contributed by atoms with Crippen molar-refractivity contribution in [3.63, 3.8) is 0 Å². The molecule has 3 nitrogen and oxygen atoms in total. The fraction of sp³-hybridized carbons (Fsp3) is 0.200. The SMILES string of the molecule is CCN(Cc1ccccn1)c1c(Cl)cccc1C=O. The van der Waals surface area contributed by atoms with Crippen molar-refractivity contribution in [3.8, 4) is 0 Å². The summed E-state index contributed by atoms with van der Waals surface area (Å²) >= 11 is 6.23. The van der Waals surface area contributed by atoms with Gasteiger partial charge in [0.25, 0.3) is 0 Å². The van der Waals surface area contributed by atoms with Gasteiger partial charge in [0.05, 0.1) is 22.9 Å². The van der Waals surface area contributed by atoms with E-state index in [-0.39, 0.29) is 0 Å². The van der Waals surface area contributed by atoms with Crippen LogP contribution in [-0.4, -0.2) is 17.8 Å². The first-order valence-electron chi connectivity index (χ1n) is 6.14. The van der Waals surface area contributed by atoms with Gasteiger partial charge in [0.15, 0.2) is 6.29 Å². The van der Waals surface area contributed by atoms with Crippen LogP contribution in [0.3, 0.4) is 0 Å². The van der Waals surface area contributed by atoms with E-state index in [1.165, 1.54) is 0 Å². The predicted octanol–water partition coefficient (Wildman–Crippen LogP) is 3.57. The molecule has 0 amide bonds. The minimum atomic E-state index is 0.586. The third kappa shape index (κ3) is 3.12. The lowest BCUT2D eigenvalue weighted by Gasteiger charge is -2.25. The summed E-state index contributed by atoms with van der Waals surface area (Å²) in [5.74, 6) is 0. The predicted molar refractivity (Wildman–Crippen MR) is 77.8 cm³/mol. The second-order valence-electron chi connectivity index (χ2n) is 4.13. The Morgan fingerprint density at radius 3 is 2.74 bits per heavy atom. The lowest BCUT2D eigenvalue weighted by Crippen LogP contribution is -2.24. The quantitative estimate of drug-likeness (QED) is 0.782. The molecule has 1 aromatic heterocycles. The molecule has 0 aliphatic heterocycles. The number of hydrogen-bond acceptors (Lipinski definition) is 3. The van der Waals surface area contributed by atoms with Crippen molar-refractivity contribution < 1.29 is 4.79 Å². The van der Waals surface area contributed by atoms with E-state index >= 15 is 0 Å². The molecule has 0 N–H and O–H groups in total. The van der Waals surface area contributed by atoms with Gasteiger partial charge in [0, 0.05) is 18.3 Å². The zero-order valence-corrected chi connectivity index (χ0v) is 11.5. The van der Waals surface area contributed by atoms with E-state index in [4.69, 9.17) is 11.6 Å². The maximum atomic E-state index is 11.2. The number of benzene rings is 1. The van der Waals surface area contributed by atoms with Gasteiger partial charge in [0.2, 0.25) is 0 Å². The number of pyridine rings is 1. The third-order valence-corrected chi connectivity index (χ3v) is 3.23. The summed E-state index contributed by atoms with van der Waals surface area (Å²) in [4.78, 5) is 17.5. The van der Waals surface area contributed by atoms with E-state index in [1.807, 2.05) is 25.1 Å².